The van der Waals surface area contributed by atoms with Gasteiger partial charge >= 0.3 is 5.97 Å². The van der Waals surface area contributed by atoms with E-state index in [1.54, 1.807) is 31.2 Å². The Hall–Kier alpha value is -2.37. The van der Waals surface area contributed by atoms with E-state index in [1.807, 2.05) is 0 Å². The second-order valence-corrected chi connectivity index (χ2v) is 6.24. The van der Waals surface area contributed by atoms with Gasteiger partial charge in [-0.15, -0.1) is 0 Å². The van der Waals surface area contributed by atoms with Gasteiger partial charge in [0.1, 0.15) is 5.54 Å². The van der Waals surface area contributed by atoms with Crippen LogP contribution >= 0.6 is 0 Å². The molecule has 2 amide bonds. The van der Waals surface area contributed by atoms with Gasteiger partial charge in [-0.1, -0.05) is 38.7 Å². The van der Waals surface area contributed by atoms with Crippen LogP contribution in [0.5, 0.6) is 0 Å². The fourth-order valence-corrected chi connectivity index (χ4v) is 3.00. The predicted octanol–water partition coefficient (Wildman–Crippen LogP) is 2.94. The fourth-order valence-electron chi connectivity index (χ4n) is 3.00. The maximum absolute atomic E-state index is 12.6. The van der Waals surface area contributed by atoms with E-state index in [1.165, 1.54) is 0 Å². The number of hydrogen-bond donors (Lipinski definition) is 3. The van der Waals surface area contributed by atoms with E-state index in [-0.39, 0.29) is 5.91 Å². The molecule has 0 unspecified atom stereocenters. The molecule has 1 aromatic rings. The molecular weight excluding hydrogens is 308 g/mol. The van der Waals surface area contributed by atoms with Crippen LogP contribution in [0.3, 0.4) is 0 Å². The molecule has 0 heterocycles. The highest BCUT2D eigenvalue weighted by Crippen LogP contribution is 2.28. The number of carboxylic acid groups (broad SMARTS) is 1. The Morgan fingerprint density at radius 2 is 1.79 bits per heavy atom. The van der Waals surface area contributed by atoms with E-state index in [0.29, 0.717) is 30.5 Å². The molecule has 0 spiro atoms. The van der Waals surface area contributed by atoms with E-state index in [4.69, 9.17) is 0 Å². The van der Waals surface area contributed by atoms with Crippen molar-refractivity contribution in [3.8, 4) is 0 Å². The maximum Gasteiger partial charge on any atom is 0.329 e. The number of benzene rings is 1. The maximum atomic E-state index is 12.6. The first kappa shape index (κ1) is 18.0. The van der Waals surface area contributed by atoms with Gasteiger partial charge in [-0.05, 0) is 31.0 Å². The summed E-state index contributed by atoms with van der Waals surface area (Å²) in [6.07, 6.45) is 4.80. The summed E-state index contributed by atoms with van der Waals surface area (Å²) in [6.45, 7) is 1.74. The summed E-state index contributed by atoms with van der Waals surface area (Å²) in [7, 11) is 0. The first-order valence-corrected chi connectivity index (χ1v) is 8.43. The molecule has 6 nitrogen and oxygen atoms in total. The molecule has 24 heavy (non-hydrogen) atoms. The highest BCUT2D eigenvalue weighted by Gasteiger charge is 2.40. The molecule has 1 aliphatic rings. The highest BCUT2D eigenvalue weighted by atomic mass is 16.4. The Bertz CT molecular complexity index is 619. The van der Waals surface area contributed by atoms with Crippen LogP contribution in [-0.4, -0.2) is 28.4 Å². The molecule has 130 valence electrons. The van der Waals surface area contributed by atoms with Crippen molar-refractivity contribution in [3.63, 3.8) is 0 Å². The molecule has 1 aromatic carbocycles. The summed E-state index contributed by atoms with van der Waals surface area (Å²) in [5.74, 6) is -1.54. The highest BCUT2D eigenvalue weighted by molar-refractivity contribution is 5.99. The third-order valence-corrected chi connectivity index (χ3v) is 4.45. The van der Waals surface area contributed by atoms with Crippen LogP contribution in [0.15, 0.2) is 24.3 Å². The lowest BCUT2D eigenvalue weighted by Crippen LogP contribution is -2.54. The molecule has 1 aliphatic carbocycles. The third kappa shape index (κ3) is 4.34. The van der Waals surface area contributed by atoms with Gasteiger partial charge in [0, 0.05) is 17.7 Å². The molecule has 0 saturated heterocycles. The first-order valence-electron chi connectivity index (χ1n) is 8.43. The average Bonchev–Trinajstić information content (AvgIpc) is 2.81. The van der Waals surface area contributed by atoms with Gasteiger partial charge in [0.15, 0.2) is 0 Å². The molecule has 1 saturated carbocycles. The van der Waals surface area contributed by atoms with Crippen molar-refractivity contribution >= 4 is 23.5 Å². The summed E-state index contributed by atoms with van der Waals surface area (Å²) < 4.78 is 0. The zero-order valence-corrected chi connectivity index (χ0v) is 13.9. The van der Waals surface area contributed by atoms with Gasteiger partial charge in [-0.3, -0.25) is 9.59 Å². The molecule has 0 aliphatic heterocycles. The zero-order valence-electron chi connectivity index (χ0n) is 13.9. The minimum atomic E-state index is -1.20. The number of carboxylic acids is 1. The van der Waals surface area contributed by atoms with Crippen molar-refractivity contribution in [2.24, 2.45) is 0 Å². The molecule has 2 rings (SSSR count). The Labute approximate surface area is 141 Å². The number of aliphatic carboxylic acids is 1. The van der Waals surface area contributed by atoms with Crippen LogP contribution < -0.4 is 10.6 Å². The second kappa shape index (κ2) is 7.95. The minimum Gasteiger partial charge on any atom is -0.480 e. The van der Waals surface area contributed by atoms with Crippen LogP contribution in [0.25, 0.3) is 0 Å². The quantitative estimate of drug-likeness (QED) is 0.722. The number of carbonyl (C=O) groups is 3. The van der Waals surface area contributed by atoms with Crippen molar-refractivity contribution in [3.05, 3.63) is 29.8 Å². The average molecular weight is 332 g/mol. The first-order chi connectivity index (χ1) is 11.5. The normalized spacial score (nSPS) is 16.7. The van der Waals surface area contributed by atoms with Crippen LogP contribution in [0.1, 0.15) is 62.2 Å². The molecular formula is C18H24N2O4. The smallest absolute Gasteiger partial charge is 0.329 e. The van der Waals surface area contributed by atoms with E-state index >= 15 is 0 Å². The van der Waals surface area contributed by atoms with E-state index in [9.17, 15) is 19.5 Å². The topological polar surface area (TPSA) is 95.5 Å². The van der Waals surface area contributed by atoms with Gasteiger partial charge in [0.25, 0.3) is 5.91 Å². The number of anilines is 1. The number of carbonyl (C=O) groups excluding carboxylic acids is 2. The monoisotopic (exact) mass is 332 g/mol. The Morgan fingerprint density at radius 3 is 2.38 bits per heavy atom. The van der Waals surface area contributed by atoms with Gasteiger partial charge in [-0.25, -0.2) is 4.79 Å². The lowest BCUT2D eigenvalue weighted by molar-refractivity contribution is -0.145. The molecule has 0 atom stereocenters. The number of amides is 2. The Balaban J connectivity index is 2.16. The fraction of sp³-hybridized carbons (Fsp3) is 0.500. The lowest BCUT2D eigenvalue weighted by atomic mass is 9.90. The number of hydrogen-bond acceptors (Lipinski definition) is 3. The largest absolute Gasteiger partial charge is 0.480 e. The van der Waals surface area contributed by atoms with Crippen LogP contribution in [0.2, 0.25) is 0 Å². The van der Waals surface area contributed by atoms with Crippen LogP contribution in [0, 0.1) is 0 Å². The van der Waals surface area contributed by atoms with Crippen molar-refractivity contribution in [1.29, 1.82) is 0 Å². The zero-order chi connectivity index (χ0) is 17.6. The summed E-state index contributed by atoms with van der Waals surface area (Å²) in [4.78, 5) is 35.8. The van der Waals surface area contributed by atoms with E-state index in [0.717, 1.165) is 25.7 Å². The Kier molecular flexibility index (Phi) is 5.95. The number of rotatable bonds is 5. The van der Waals surface area contributed by atoms with E-state index < -0.39 is 17.4 Å². The van der Waals surface area contributed by atoms with Crippen molar-refractivity contribution < 1.29 is 19.5 Å². The molecule has 0 bridgehead atoms. The predicted molar refractivity (Wildman–Crippen MR) is 90.9 cm³/mol. The SMILES string of the molecule is CCC(=O)Nc1cccc(C(=O)NC2(C(=O)O)CCCCCC2)c1. The molecule has 3 N–H and O–H groups in total. The van der Waals surface area contributed by atoms with Gasteiger partial charge in [-0.2, -0.15) is 0 Å². The molecule has 0 radical (unpaired) electrons. The summed E-state index contributed by atoms with van der Waals surface area (Å²) >= 11 is 0. The van der Waals surface area contributed by atoms with Crippen molar-refractivity contribution in [2.75, 3.05) is 5.32 Å². The van der Waals surface area contributed by atoms with Crippen LogP contribution in [0.4, 0.5) is 5.69 Å². The third-order valence-electron chi connectivity index (χ3n) is 4.45. The van der Waals surface area contributed by atoms with Crippen molar-refractivity contribution in [2.45, 2.75) is 57.4 Å². The van der Waals surface area contributed by atoms with Gasteiger partial charge in [0.2, 0.25) is 5.91 Å². The number of nitrogens with one attached hydrogen (secondary N) is 2. The molecule has 1 fully saturated rings. The Morgan fingerprint density at radius 1 is 1.12 bits per heavy atom. The summed E-state index contributed by atoms with van der Waals surface area (Å²) in [6, 6.07) is 6.54. The molecule has 6 heteroatoms. The standard InChI is InChI=1S/C18H24N2O4/c1-2-15(21)19-14-9-7-8-13(12-14)16(22)20-18(17(23)24)10-5-3-4-6-11-18/h7-9,12H,2-6,10-11H2,1H3,(H,19,21)(H,20,22)(H,23,24). The van der Waals surface area contributed by atoms with Gasteiger partial charge in [0.05, 0.1) is 0 Å². The van der Waals surface area contributed by atoms with E-state index in [2.05, 4.69) is 10.6 Å². The minimum absolute atomic E-state index is 0.140. The van der Waals surface area contributed by atoms with Gasteiger partial charge < -0.3 is 15.7 Å². The lowest BCUT2D eigenvalue weighted by Gasteiger charge is -2.29. The summed E-state index contributed by atoms with van der Waals surface area (Å²) in [5.41, 5.74) is -0.329. The molecule has 0 aromatic heterocycles. The van der Waals surface area contributed by atoms with Crippen molar-refractivity contribution in [1.82, 2.24) is 5.32 Å². The van der Waals surface area contributed by atoms with Crippen LogP contribution in [-0.2, 0) is 9.59 Å². The summed E-state index contributed by atoms with van der Waals surface area (Å²) in [5, 5.41) is 15.1. The second-order valence-electron chi connectivity index (χ2n) is 6.24.